The molecule has 3 aromatic heterocycles. The van der Waals surface area contributed by atoms with E-state index in [1.165, 1.54) is 6.92 Å². The van der Waals surface area contributed by atoms with E-state index >= 15 is 0 Å². The maximum Gasteiger partial charge on any atom is 0.222 e. The largest absolute Gasteiger partial charge is 0.381 e. The number of ether oxygens (including phenoxy) is 3. The van der Waals surface area contributed by atoms with Crippen LogP contribution in [0.15, 0.2) is 36.7 Å². The molecule has 0 aromatic carbocycles. The van der Waals surface area contributed by atoms with E-state index in [0.717, 1.165) is 28.9 Å². The number of carbonyl (C=O) groups is 1. The minimum atomic E-state index is -0.207. The zero-order valence-electron chi connectivity index (χ0n) is 19.5. The van der Waals surface area contributed by atoms with Gasteiger partial charge in [-0.05, 0) is 18.1 Å². The molecular weight excluding hydrogens is 436 g/mol. The molecule has 3 aromatic rings. The van der Waals surface area contributed by atoms with Crippen molar-refractivity contribution in [1.82, 2.24) is 19.9 Å². The molecule has 0 radical (unpaired) electrons. The van der Waals surface area contributed by atoms with Gasteiger partial charge < -0.3 is 24.8 Å². The van der Waals surface area contributed by atoms with Gasteiger partial charge in [-0.1, -0.05) is 6.07 Å². The van der Waals surface area contributed by atoms with E-state index in [0.29, 0.717) is 49.6 Å². The molecule has 1 fully saturated rings. The summed E-state index contributed by atoms with van der Waals surface area (Å²) in [5.41, 5.74) is 3.91. The minimum absolute atomic E-state index is 0.138. The maximum absolute atomic E-state index is 11.6. The molecule has 178 valence electrons. The lowest BCUT2D eigenvalue weighted by Gasteiger charge is -2.16. The molecule has 34 heavy (non-hydrogen) atoms. The Balaban J connectivity index is 1.72. The Morgan fingerprint density at radius 1 is 1.09 bits per heavy atom. The first-order valence-corrected chi connectivity index (χ1v) is 11.0. The van der Waals surface area contributed by atoms with E-state index in [2.05, 4.69) is 25.6 Å². The van der Waals surface area contributed by atoms with E-state index in [9.17, 15) is 4.79 Å². The Hall–Kier alpha value is -3.47. The summed E-state index contributed by atoms with van der Waals surface area (Å²) in [5, 5.41) is 6.11. The molecule has 0 bridgehead atoms. The molecule has 0 spiro atoms. The first-order valence-electron chi connectivity index (χ1n) is 11.0. The van der Waals surface area contributed by atoms with Crippen molar-refractivity contribution in [3.63, 3.8) is 0 Å². The van der Waals surface area contributed by atoms with Gasteiger partial charge in [0.05, 0.1) is 36.9 Å². The van der Waals surface area contributed by atoms with Crippen LogP contribution in [0.1, 0.15) is 36.3 Å². The molecular formula is C24H28N6O4. The standard InChI is InChI=1S/C24H28N6O4/c1-15(31)27-22-9-21(19(11-26-22)20-5-4-16(10-25-20)12-32-2)29-23-8-18(14-33-3)28-24(30-23)17-6-7-34-13-17/h4-5,8-11,17H,6-7,12-14H2,1-3H3,(H2,26,27,28,29,30,31). The van der Waals surface area contributed by atoms with Crippen molar-refractivity contribution in [2.75, 3.05) is 38.1 Å². The van der Waals surface area contributed by atoms with Crippen molar-refractivity contribution >= 4 is 23.2 Å². The molecule has 2 N–H and O–H groups in total. The van der Waals surface area contributed by atoms with Crippen LogP contribution in [-0.2, 0) is 32.2 Å². The number of anilines is 3. The molecule has 0 aliphatic carbocycles. The van der Waals surface area contributed by atoms with Crippen molar-refractivity contribution in [2.24, 2.45) is 0 Å². The Morgan fingerprint density at radius 3 is 2.62 bits per heavy atom. The van der Waals surface area contributed by atoms with Crippen LogP contribution >= 0.6 is 0 Å². The van der Waals surface area contributed by atoms with Crippen LogP contribution in [0.25, 0.3) is 11.3 Å². The number of amides is 1. The number of nitrogens with zero attached hydrogens (tertiary/aromatic N) is 4. The van der Waals surface area contributed by atoms with Gasteiger partial charge in [0.15, 0.2) is 0 Å². The summed E-state index contributed by atoms with van der Waals surface area (Å²) >= 11 is 0. The van der Waals surface area contributed by atoms with Gasteiger partial charge in [-0.25, -0.2) is 15.0 Å². The van der Waals surface area contributed by atoms with E-state index in [-0.39, 0.29) is 11.8 Å². The highest BCUT2D eigenvalue weighted by atomic mass is 16.5. The molecule has 1 unspecified atom stereocenters. The zero-order valence-corrected chi connectivity index (χ0v) is 19.5. The normalized spacial score (nSPS) is 15.3. The van der Waals surface area contributed by atoms with Gasteiger partial charge in [0.2, 0.25) is 5.91 Å². The van der Waals surface area contributed by atoms with Gasteiger partial charge in [0.1, 0.15) is 17.5 Å². The average Bonchev–Trinajstić information content (AvgIpc) is 3.35. The highest BCUT2D eigenvalue weighted by molar-refractivity contribution is 5.89. The van der Waals surface area contributed by atoms with Crippen molar-refractivity contribution in [3.8, 4) is 11.3 Å². The van der Waals surface area contributed by atoms with Gasteiger partial charge in [0.25, 0.3) is 0 Å². The van der Waals surface area contributed by atoms with E-state index in [1.54, 1.807) is 32.7 Å². The summed E-state index contributed by atoms with van der Waals surface area (Å²) in [7, 11) is 3.28. The molecule has 1 aliphatic heterocycles. The second-order valence-electron chi connectivity index (χ2n) is 8.00. The fourth-order valence-electron chi connectivity index (χ4n) is 3.71. The third-order valence-electron chi connectivity index (χ3n) is 5.27. The monoisotopic (exact) mass is 464 g/mol. The molecule has 1 aliphatic rings. The number of carbonyl (C=O) groups excluding carboxylic acids is 1. The molecule has 10 nitrogen and oxygen atoms in total. The Labute approximate surface area is 198 Å². The third-order valence-corrected chi connectivity index (χ3v) is 5.27. The van der Waals surface area contributed by atoms with Gasteiger partial charge in [-0.15, -0.1) is 0 Å². The smallest absolute Gasteiger partial charge is 0.222 e. The number of aromatic nitrogens is 4. The molecule has 4 heterocycles. The number of rotatable bonds is 9. The number of methoxy groups -OCH3 is 2. The van der Waals surface area contributed by atoms with Gasteiger partial charge in [0, 0.05) is 63.8 Å². The Morgan fingerprint density at radius 2 is 1.94 bits per heavy atom. The lowest BCUT2D eigenvalue weighted by atomic mass is 10.1. The fraction of sp³-hybridized carbons (Fsp3) is 0.375. The Bertz CT molecular complexity index is 1130. The van der Waals surface area contributed by atoms with Crippen LogP contribution in [-0.4, -0.2) is 53.3 Å². The number of hydrogen-bond acceptors (Lipinski definition) is 9. The second kappa shape index (κ2) is 11.1. The first kappa shape index (κ1) is 23.7. The molecule has 0 saturated carbocycles. The summed E-state index contributed by atoms with van der Waals surface area (Å²) in [6.45, 7) is 3.58. The molecule has 1 amide bonds. The zero-order chi connectivity index (χ0) is 23.9. The third kappa shape index (κ3) is 5.90. The topological polar surface area (TPSA) is 120 Å². The molecule has 1 saturated heterocycles. The average molecular weight is 465 g/mol. The van der Waals surface area contributed by atoms with Crippen LogP contribution in [0, 0.1) is 0 Å². The van der Waals surface area contributed by atoms with Crippen molar-refractivity contribution in [1.29, 1.82) is 0 Å². The highest BCUT2D eigenvalue weighted by Gasteiger charge is 2.22. The number of hydrogen-bond donors (Lipinski definition) is 2. The highest BCUT2D eigenvalue weighted by Crippen LogP contribution is 2.31. The van der Waals surface area contributed by atoms with Crippen molar-refractivity contribution in [3.05, 3.63) is 53.7 Å². The predicted octanol–water partition coefficient (Wildman–Crippen LogP) is 3.43. The van der Waals surface area contributed by atoms with Crippen LogP contribution < -0.4 is 10.6 Å². The van der Waals surface area contributed by atoms with E-state index < -0.39 is 0 Å². The summed E-state index contributed by atoms with van der Waals surface area (Å²) in [5.74, 6) is 1.68. The van der Waals surface area contributed by atoms with Crippen LogP contribution in [0.5, 0.6) is 0 Å². The molecule has 10 heteroatoms. The summed E-state index contributed by atoms with van der Waals surface area (Å²) in [6, 6.07) is 7.47. The van der Waals surface area contributed by atoms with Crippen LogP contribution in [0.2, 0.25) is 0 Å². The second-order valence-corrected chi connectivity index (χ2v) is 8.00. The lowest BCUT2D eigenvalue weighted by Crippen LogP contribution is -2.11. The maximum atomic E-state index is 11.6. The SMILES string of the molecule is COCc1ccc(-c2cnc(NC(C)=O)cc2Nc2cc(COC)nc(C3CCOC3)n2)nc1. The molecule has 4 rings (SSSR count). The molecule has 1 atom stereocenters. The number of pyridine rings is 2. The quantitative estimate of drug-likeness (QED) is 0.490. The fourth-order valence-corrected chi connectivity index (χ4v) is 3.71. The minimum Gasteiger partial charge on any atom is -0.381 e. The van der Waals surface area contributed by atoms with Gasteiger partial charge >= 0.3 is 0 Å². The Kier molecular flexibility index (Phi) is 7.73. The summed E-state index contributed by atoms with van der Waals surface area (Å²) in [4.78, 5) is 30.0. The summed E-state index contributed by atoms with van der Waals surface area (Å²) in [6.07, 6.45) is 4.32. The van der Waals surface area contributed by atoms with Gasteiger partial charge in [-0.3, -0.25) is 9.78 Å². The number of nitrogens with one attached hydrogen (secondary N) is 2. The van der Waals surface area contributed by atoms with Crippen LogP contribution in [0.4, 0.5) is 17.3 Å². The predicted molar refractivity (Wildman–Crippen MR) is 127 cm³/mol. The summed E-state index contributed by atoms with van der Waals surface area (Å²) < 4.78 is 16.0. The van der Waals surface area contributed by atoms with Crippen LogP contribution in [0.3, 0.4) is 0 Å². The van der Waals surface area contributed by atoms with E-state index in [1.807, 2.05) is 18.2 Å². The van der Waals surface area contributed by atoms with Crippen molar-refractivity contribution < 1.29 is 19.0 Å². The van der Waals surface area contributed by atoms with Gasteiger partial charge in [-0.2, -0.15) is 0 Å². The van der Waals surface area contributed by atoms with Crippen molar-refractivity contribution in [2.45, 2.75) is 32.5 Å². The van der Waals surface area contributed by atoms with E-state index in [4.69, 9.17) is 19.2 Å². The lowest BCUT2D eigenvalue weighted by molar-refractivity contribution is -0.114. The first-order chi connectivity index (χ1) is 16.6.